The molecule has 3 aromatic carbocycles. The van der Waals surface area contributed by atoms with E-state index in [1.165, 1.54) is 0 Å². The number of benzene rings is 3. The summed E-state index contributed by atoms with van der Waals surface area (Å²) in [6.45, 7) is 0.484. The zero-order valence-corrected chi connectivity index (χ0v) is 17.3. The van der Waals surface area contributed by atoms with Crippen LogP contribution in [0.2, 0.25) is 0 Å². The van der Waals surface area contributed by atoms with Gasteiger partial charge in [-0.1, -0.05) is 42.5 Å². The van der Waals surface area contributed by atoms with Gasteiger partial charge in [0.15, 0.2) is 5.11 Å². The van der Waals surface area contributed by atoms with E-state index in [0.29, 0.717) is 12.2 Å². The Labute approximate surface area is 177 Å². The molecule has 27 heavy (non-hydrogen) atoms. The minimum absolute atomic E-state index is 0.235. The number of anilines is 1. The molecule has 4 nitrogen and oxygen atoms in total. The lowest BCUT2D eigenvalue weighted by molar-refractivity contribution is 0.0977. The predicted molar refractivity (Wildman–Crippen MR) is 120 cm³/mol. The fourth-order valence-electron chi connectivity index (χ4n) is 2.37. The van der Waals surface area contributed by atoms with E-state index < -0.39 is 0 Å². The van der Waals surface area contributed by atoms with E-state index in [0.717, 1.165) is 20.6 Å². The molecule has 0 aliphatic heterocycles. The smallest absolute Gasteiger partial charge is 0.257 e. The van der Waals surface area contributed by atoms with Crippen molar-refractivity contribution >= 4 is 51.5 Å². The molecule has 0 fully saturated rings. The first-order valence-corrected chi connectivity index (χ1v) is 9.73. The molecule has 3 aromatic rings. The van der Waals surface area contributed by atoms with Gasteiger partial charge in [-0.25, -0.2) is 0 Å². The highest BCUT2D eigenvalue weighted by molar-refractivity contribution is 14.1. The summed E-state index contributed by atoms with van der Waals surface area (Å²) in [5, 5.41) is 5.94. The molecule has 3 rings (SSSR count). The molecule has 0 unspecified atom stereocenters. The van der Waals surface area contributed by atoms with E-state index in [9.17, 15) is 4.79 Å². The minimum atomic E-state index is -0.248. The molecule has 0 bridgehead atoms. The summed E-state index contributed by atoms with van der Waals surface area (Å²) < 4.78 is 6.79. The number of hydrogen-bond donors (Lipinski definition) is 2. The van der Waals surface area contributed by atoms with Crippen molar-refractivity contribution in [2.45, 2.75) is 6.61 Å². The van der Waals surface area contributed by atoms with Gasteiger partial charge in [0.1, 0.15) is 12.4 Å². The summed E-state index contributed by atoms with van der Waals surface area (Å²) in [5.74, 6) is 0.470. The molecule has 6 heteroatoms. The van der Waals surface area contributed by atoms with Crippen molar-refractivity contribution in [1.82, 2.24) is 5.32 Å². The highest BCUT2D eigenvalue weighted by Crippen LogP contribution is 2.18. The Morgan fingerprint density at radius 3 is 2.52 bits per heavy atom. The number of amides is 1. The van der Waals surface area contributed by atoms with Crippen LogP contribution in [-0.2, 0) is 6.61 Å². The van der Waals surface area contributed by atoms with Crippen LogP contribution in [0.4, 0.5) is 5.69 Å². The summed E-state index contributed by atoms with van der Waals surface area (Å²) in [4.78, 5) is 12.3. The average molecular weight is 488 g/mol. The molecule has 0 saturated carbocycles. The van der Waals surface area contributed by atoms with Crippen molar-refractivity contribution in [1.29, 1.82) is 0 Å². The number of rotatable bonds is 5. The summed E-state index contributed by atoms with van der Waals surface area (Å²) in [5.41, 5.74) is 2.40. The zero-order chi connectivity index (χ0) is 19.1. The second-order valence-corrected chi connectivity index (χ2v) is 7.37. The Morgan fingerprint density at radius 2 is 1.74 bits per heavy atom. The second kappa shape index (κ2) is 9.48. The van der Waals surface area contributed by atoms with Gasteiger partial charge in [0, 0.05) is 20.9 Å². The first-order chi connectivity index (χ1) is 13.1. The van der Waals surface area contributed by atoms with E-state index in [-0.39, 0.29) is 11.0 Å². The Hall–Kier alpha value is -2.45. The Bertz CT molecular complexity index is 948. The van der Waals surface area contributed by atoms with Crippen molar-refractivity contribution in [2.24, 2.45) is 0 Å². The molecule has 0 aromatic heterocycles. The third kappa shape index (κ3) is 6.04. The number of hydrogen-bond acceptors (Lipinski definition) is 3. The van der Waals surface area contributed by atoms with Gasteiger partial charge < -0.3 is 10.1 Å². The Balaban J connectivity index is 1.57. The van der Waals surface area contributed by atoms with Gasteiger partial charge in [-0.05, 0) is 70.7 Å². The average Bonchev–Trinajstić information content (AvgIpc) is 2.67. The fourth-order valence-corrected chi connectivity index (χ4v) is 3.13. The largest absolute Gasteiger partial charge is 0.489 e. The lowest BCUT2D eigenvalue weighted by Gasteiger charge is -2.12. The molecule has 0 aliphatic carbocycles. The zero-order valence-electron chi connectivity index (χ0n) is 14.3. The molecule has 136 valence electrons. The third-order valence-electron chi connectivity index (χ3n) is 3.65. The van der Waals surface area contributed by atoms with Gasteiger partial charge >= 0.3 is 0 Å². The van der Waals surface area contributed by atoms with Crippen LogP contribution in [0.3, 0.4) is 0 Å². The second-order valence-electron chi connectivity index (χ2n) is 5.72. The molecular weight excluding hydrogens is 471 g/mol. The highest BCUT2D eigenvalue weighted by Gasteiger charge is 2.08. The van der Waals surface area contributed by atoms with Crippen molar-refractivity contribution in [2.75, 3.05) is 5.32 Å². The van der Waals surface area contributed by atoms with E-state index in [1.807, 2.05) is 66.7 Å². The van der Waals surface area contributed by atoms with Crippen LogP contribution in [0.5, 0.6) is 5.75 Å². The van der Waals surface area contributed by atoms with Crippen molar-refractivity contribution in [3.8, 4) is 5.75 Å². The van der Waals surface area contributed by atoms with Gasteiger partial charge in [0.05, 0.1) is 0 Å². The maximum absolute atomic E-state index is 12.3. The number of ether oxygens (including phenoxy) is 1. The summed E-state index contributed by atoms with van der Waals surface area (Å²) in [7, 11) is 0. The molecule has 0 heterocycles. The fraction of sp³-hybridized carbons (Fsp3) is 0.0476. The van der Waals surface area contributed by atoms with Crippen LogP contribution in [-0.4, -0.2) is 11.0 Å². The Kier molecular flexibility index (Phi) is 6.78. The van der Waals surface area contributed by atoms with E-state index in [1.54, 1.807) is 12.1 Å². The van der Waals surface area contributed by atoms with Gasteiger partial charge in [0.25, 0.3) is 5.91 Å². The minimum Gasteiger partial charge on any atom is -0.489 e. The molecule has 0 radical (unpaired) electrons. The molecule has 0 saturated heterocycles. The lowest BCUT2D eigenvalue weighted by Crippen LogP contribution is -2.34. The number of halogens is 1. The highest BCUT2D eigenvalue weighted by atomic mass is 127. The summed E-state index contributed by atoms with van der Waals surface area (Å²) in [6, 6.07) is 24.7. The Morgan fingerprint density at radius 1 is 0.963 bits per heavy atom. The van der Waals surface area contributed by atoms with Gasteiger partial charge in [0.2, 0.25) is 0 Å². The van der Waals surface area contributed by atoms with Gasteiger partial charge in [-0.15, -0.1) is 0 Å². The van der Waals surface area contributed by atoms with Crippen LogP contribution in [0, 0.1) is 3.57 Å². The van der Waals surface area contributed by atoms with E-state index in [2.05, 4.69) is 33.2 Å². The molecular formula is C21H17IN2O2S. The molecule has 1 amide bonds. The van der Waals surface area contributed by atoms with Gasteiger partial charge in [-0.2, -0.15) is 0 Å². The van der Waals surface area contributed by atoms with Crippen molar-refractivity contribution in [3.63, 3.8) is 0 Å². The number of carbonyl (C=O) groups excluding carboxylic acids is 1. The number of carbonyl (C=O) groups is 1. The van der Waals surface area contributed by atoms with Crippen LogP contribution < -0.4 is 15.4 Å². The first-order valence-electron chi connectivity index (χ1n) is 8.25. The maximum Gasteiger partial charge on any atom is 0.257 e. The number of nitrogens with one attached hydrogen (secondary N) is 2. The topological polar surface area (TPSA) is 50.4 Å². The third-order valence-corrected chi connectivity index (χ3v) is 4.53. The van der Waals surface area contributed by atoms with Crippen molar-refractivity contribution in [3.05, 3.63) is 93.6 Å². The maximum atomic E-state index is 12.3. The van der Waals surface area contributed by atoms with E-state index >= 15 is 0 Å². The van der Waals surface area contributed by atoms with E-state index in [4.69, 9.17) is 17.0 Å². The molecule has 0 atom stereocenters. The first kappa shape index (κ1) is 19.3. The van der Waals surface area contributed by atoms with Gasteiger partial charge in [-0.3, -0.25) is 10.1 Å². The van der Waals surface area contributed by atoms with Crippen LogP contribution in [0.1, 0.15) is 15.9 Å². The standard InChI is InChI=1S/C21H17IN2O2S/c22-17-9-4-8-16(12-17)20(25)24-21(27)23-18-10-5-11-19(13-18)26-14-15-6-2-1-3-7-15/h1-13H,14H2,(H2,23,24,25,27). The van der Waals surface area contributed by atoms with Crippen molar-refractivity contribution < 1.29 is 9.53 Å². The molecule has 2 N–H and O–H groups in total. The predicted octanol–water partition coefficient (Wildman–Crippen LogP) is 5.00. The summed E-state index contributed by atoms with van der Waals surface area (Å²) >= 11 is 7.41. The normalized spacial score (nSPS) is 10.1. The van der Waals surface area contributed by atoms with Crippen LogP contribution in [0.25, 0.3) is 0 Å². The quantitative estimate of drug-likeness (QED) is 0.392. The van der Waals surface area contributed by atoms with Crippen LogP contribution in [0.15, 0.2) is 78.9 Å². The molecule has 0 aliphatic rings. The lowest BCUT2D eigenvalue weighted by atomic mass is 10.2. The van der Waals surface area contributed by atoms with Crippen LogP contribution >= 0.6 is 34.8 Å². The molecule has 0 spiro atoms. The SMILES string of the molecule is O=C(NC(=S)Nc1cccc(OCc2ccccc2)c1)c1cccc(I)c1. The monoisotopic (exact) mass is 488 g/mol. The number of thiocarbonyl (C=S) groups is 1. The summed E-state index contributed by atoms with van der Waals surface area (Å²) in [6.07, 6.45) is 0.